The maximum Gasteiger partial charge on any atom is 0.230 e. The molecule has 1 heterocycles. The summed E-state index contributed by atoms with van der Waals surface area (Å²) in [5, 5.41) is 12.8. The minimum atomic E-state index is -0.0816. The molecule has 3 aromatic rings. The molecule has 1 amide bonds. The largest absolute Gasteiger partial charge is 0.383 e. The molecule has 3 rings (SSSR count). The lowest BCUT2D eigenvalue weighted by molar-refractivity contribution is -0.118. The molecular formula is C21H23ClN4O2S. The summed E-state index contributed by atoms with van der Waals surface area (Å²) in [4.78, 5) is 12.1. The lowest BCUT2D eigenvalue weighted by atomic mass is 10.1. The molecular weight excluding hydrogens is 408 g/mol. The van der Waals surface area contributed by atoms with E-state index in [1.165, 1.54) is 11.8 Å². The molecule has 0 aliphatic rings. The molecule has 0 bridgehead atoms. The van der Waals surface area contributed by atoms with Crippen molar-refractivity contribution < 1.29 is 9.53 Å². The number of aromatic nitrogens is 3. The quantitative estimate of drug-likeness (QED) is 0.431. The fraction of sp³-hybridized carbons (Fsp3) is 0.286. The molecule has 0 aliphatic carbocycles. The van der Waals surface area contributed by atoms with Gasteiger partial charge in [0.2, 0.25) is 5.91 Å². The van der Waals surface area contributed by atoms with Gasteiger partial charge in [0.1, 0.15) is 0 Å². The normalized spacial score (nSPS) is 10.9. The van der Waals surface area contributed by atoms with Crippen LogP contribution in [-0.2, 0) is 9.53 Å². The Morgan fingerprint density at radius 3 is 2.76 bits per heavy atom. The van der Waals surface area contributed by atoms with Crippen LogP contribution < -0.4 is 5.32 Å². The van der Waals surface area contributed by atoms with Gasteiger partial charge in [0.15, 0.2) is 11.0 Å². The number of hydrogen-bond donors (Lipinski definition) is 1. The molecule has 0 spiro atoms. The maximum atomic E-state index is 12.1. The van der Waals surface area contributed by atoms with Crippen LogP contribution in [0.3, 0.4) is 0 Å². The number of carbonyl (C=O) groups excluding carboxylic acids is 1. The number of carbonyl (C=O) groups is 1. The summed E-state index contributed by atoms with van der Waals surface area (Å²) in [6, 6.07) is 13.8. The Morgan fingerprint density at radius 2 is 2.00 bits per heavy atom. The Morgan fingerprint density at radius 1 is 1.21 bits per heavy atom. The van der Waals surface area contributed by atoms with Crippen molar-refractivity contribution in [3.63, 3.8) is 0 Å². The third-order valence-corrected chi connectivity index (χ3v) is 5.57. The first-order valence-corrected chi connectivity index (χ1v) is 10.5. The van der Waals surface area contributed by atoms with Gasteiger partial charge in [0, 0.05) is 19.2 Å². The molecule has 152 valence electrons. The van der Waals surface area contributed by atoms with Gasteiger partial charge in [-0.25, -0.2) is 0 Å². The molecule has 8 heteroatoms. The predicted molar refractivity (Wildman–Crippen MR) is 117 cm³/mol. The molecule has 29 heavy (non-hydrogen) atoms. The predicted octanol–water partition coefficient (Wildman–Crippen LogP) is 4.06. The first-order chi connectivity index (χ1) is 14.0. The highest BCUT2D eigenvalue weighted by Crippen LogP contribution is 2.33. The van der Waals surface area contributed by atoms with Crippen LogP contribution in [0.15, 0.2) is 47.6 Å². The second-order valence-corrected chi connectivity index (χ2v) is 7.89. The molecule has 0 unspecified atom stereocenters. The molecule has 0 saturated carbocycles. The van der Waals surface area contributed by atoms with E-state index in [2.05, 4.69) is 33.7 Å². The van der Waals surface area contributed by atoms with Crippen LogP contribution in [0.25, 0.3) is 17.1 Å². The van der Waals surface area contributed by atoms with Gasteiger partial charge in [-0.2, -0.15) is 0 Å². The standard InChI is InChI=1S/C21H23ClN4O2S/c1-14-8-9-15(2)18(12-14)26-20(16-6-4-5-7-17(16)22)24-25-21(26)29-13-19(27)23-10-11-28-3/h4-9,12H,10-11,13H2,1-3H3,(H,23,27). The van der Waals surface area contributed by atoms with E-state index in [0.717, 1.165) is 22.4 Å². The van der Waals surface area contributed by atoms with Crippen LogP contribution in [0.4, 0.5) is 0 Å². The van der Waals surface area contributed by atoms with Gasteiger partial charge in [-0.15, -0.1) is 10.2 Å². The fourth-order valence-electron chi connectivity index (χ4n) is 2.83. The van der Waals surface area contributed by atoms with Crippen molar-refractivity contribution in [3.05, 3.63) is 58.6 Å². The summed E-state index contributed by atoms with van der Waals surface area (Å²) < 4.78 is 6.93. The number of aryl methyl sites for hydroxylation is 2. The zero-order valence-electron chi connectivity index (χ0n) is 16.6. The molecule has 1 N–H and O–H groups in total. The van der Waals surface area contributed by atoms with E-state index in [0.29, 0.717) is 29.2 Å². The zero-order valence-corrected chi connectivity index (χ0v) is 18.2. The summed E-state index contributed by atoms with van der Waals surface area (Å²) in [5.41, 5.74) is 3.96. The number of halogens is 1. The van der Waals surface area contributed by atoms with E-state index in [9.17, 15) is 4.79 Å². The fourth-order valence-corrected chi connectivity index (χ4v) is 3.83. The van der Waals surface area contributed by atoms with Gasteiger partial charge in [0.05, 0.1) is 23.1 Å². The lowest BCUT2D eigenvalue weighted by Crippen LogP contribution is -2.28. The summed E-state index contributed by atoms with van der Waals surface area (Å²) in [6.07, 6.45) is 0. The van der Waals surface area contributed by atoms with Crippen molar-refractivity contribution in [2.45, 2.75) is 19.0 Å². The molecule has 0 radical (unpaired) electrons. The third-order valence-electron chi connectivity index (χ3n) is 4.31. The van der Waals surface area contributed by atoms with Gasteiger partial charge >= 0.3 is 0 Å². The lowest BCUT2D eigenvalue weighted by Gasteiger charge is -2.14. The molecule has 6 nitrogen and oxygen atoms in total. The molecule has 0 fully saturated rings. The number of nitrogens with one attached hydrogen (secondary N) is 1. The second kappa shape index (κ2) is 9.91. The molecule has 0 atom stereocenters. The van der Waals surface area contributed by atoms with Crippen molar-refractivity contribution in [2.24, 2.45) is 0 Å². The number of ether oxygens (including phenoxy) is 1. The molecule has 0 saturated heterocycles. The third kappa shape index (κ3) is 5.18. The topological polar surface area (TPSA) is 69.0 Å². The van der Waals surface area contributed by atoms with Gasteiger partial charge in [0.25, 0.3) is 0 Å². The Hall–Kier alpha value is -2.35. The van der Waals surface area contributed by atoms with Crippen molar-refractivity contribution in [1.29, 1.82) is 0 Å². The van der Waals surface area contributed by atoms with E-state index < -0.39 is 0 Å². The Balaban J connectivity index is 1.98. The number of rotatable bonds is 8. The molecule has 2 aromatic carbocycles. The first-order valence-electron chi connectivity index (χ1n) is 9.17. The van der Waals surface area contributed by atoms with Gasteiger partial charge in [-0.1, -0.05) is 47.6 Å². The number of amides is 1. The van der Waals surface area contributed by atoms with Crippen LogP contribution in [0.5, 0.6) is 0 Å². The highest BCUT2D eigenvalue weighted by atomic mass is 35.5. The van der Waals surface area contributed by atoms with E-state index in [4.69, 9.17) is 16.3 Å². The maximum absolute atomic E-state index is 12.1. The van der Waals surface area contributed by atoms with Crippen LogP contribution in [0.1, 0.15) is 11.1 Å². The van der Waals surface area contributed by atoms with Gasteiger partial charge < -0.3 is 10.1 Å². The van der Waals surface area contributed by atoms with Crippen LogP contribution >= 0.6 is 23.4 Å². The Kier molecular flexibility index (Phi) is 7.30. The van der Waals surface area contributed by atoms with E-state index in [1.807, 2.05) is 42.7 Å². The number of thioether (sulfide) groups is 1. The number of methoxy groups -OCH3 is 1. The smallest absolute Gasteiger partial charge is 0.230 e. The monoisotopic (exact) mass is 430 g/mol. The minimum absolute atomic E-state index is 0.0816. The average Bonchev–Trinajstić information content (AvgIpc) is 3.12. The highest BCUT2D eigenvalue weighted by Gasteiger charge is 2.20. The van der Waals surface area contributed by atoms with Crippen molar-refractivity contribution in [3.8, 4) is 17.1 Å². The van der Waals surface area contributed by atoms with E-state index >= 15 is 0 Å². The van der Waals surface area contributed by atoms with E-state index in [1.54, 1.807) is 7.11 Å². The van der Waals surface area contributed by atoms with Crippen molar-refractivity contribution in [1.82, 2.24) is 20.1 Å². The number of hydrogen-bond acceptors (Lipinski definition) is 5. The SMILES string of the molecule is COCCNC(=O)CSc1nnc(-c2ccccc2Cl)n1-c1cc(C)ccc1C. The summed E-state index contributed by atoms with van der Waals surface area (Å²) in [5.74, 6) is 0.795. The Labute approximate surface area is 179 Å². The summed E-state index contributed by atoms with van der Waals surface area (Å²) >= 11 is 7.77. The summed E-state index contributed by atoms with van der Waals surface area (Å²) in [7, 11) is 1.60. The molecule has 0 aliphatic heterocycles. The van der Waals surface area contributed by atoms with Crippen LogP contribution in [-0.4, -0.2) is 46.7 Å². The van der Waals surface area contributed by atoms with Crippen LogP contribution in [0.2, 0.25) is 5.02 Å². The molecule has 1 aromatic heterocycles. The number of nitrogens with zero attached hydrogens (tertiary/aromatic N) is 3. The number of benzene rings is 2. The zero-order chi connectivity index (χ0) is 20.8. The average molecular weight is 431 g/mol. The van der Waals surface area contributed by atoms with Crippen molar-refractivity contribution in [2.75, 3.05) is 26.0 Å². The first kappa shape index (κ1) is 21.4. The second-order valence-electron chi connectivity index (χ2n) is 6.54. The van der Waals surface area contributed by atoms with Gasteiger partial charge in [-0.05, 0) is 43.2 Å². The van der Waals surface area contributed by atoms with Crippen molar-refractivity contribution >= 4 is 29.3 Å². The van der Waals surface area contributed by atoms with Crippen LogP contribution in [0, 0.1) is 13.8 Å². The van der Waals surface area contributed by atoms with Gasteiger partial charge in [-0.3, -0.25) is 9.36 Å². The van der Waals surface area contributed by atoms with E-state index in [-0.39, 0.29) is 11.7 Å². The Bertz CT molecular complexity index is 1010. The summed E-state index contributed by atoms with van der Waals surface area (Å²) in [6.45, 7) is 5.03. The minimum Gasteiger partial charge on any atom is -0.383 e. The highest BCUT2D eigenvalue weighted by molar-refractivity contribution is 7.99.